The van der Waals surface area contributed by atoms with Gasteiger partial charge in [-0.2, -0.15) is 5.10 Å². The lowest BCUT2D eigenvalue weighted by Crippen LogP contribution is -1.96. The standard InChI is InChI=1S/C9H10ClN3/c1-5-7-3-8(10)6(4-11)2-9(7)13-12-5/h2-3H,4,11H2,1H3,(H,12,13). The van der Waals surface area contributed by atoms with Gasteiger partial charge in [-0.05, 0) is 24.6 Å². The molecule has 4 heteroatoms. The molecule has 3 N–H and O–H groups in total. The Kier molecular flexibility index (Phi) is 1.98. The zero-order valence-corrected chi connectivity index (χ0v) is 8.02. The van der Waals surface area contributed by atoms with E-state index in [9.17, 15) is 0 Å². The Labute approximate surface area is 80.9 Å². The van der Waals surface area contributed by atoms with E-state index < -0.39 is 0 Å². The number of H-pyrrole nitrogens is 1. The number of aromatic nitrogens is 2. The average Bonchev–Trinajstić information content (AvgIpc) is 2.47. The molecule has 0 radical (unpaired) electrons. The predicted octanol–water partition coefficient (Wildman–Crippen LogP) is 1.98. The molecule has 2 rings (SSSR count). The van der Waals surface area contributed by atoms with Gasteiger partial charge in [-0.1, -0.05) is 11.6 Å². The van der Waals surface area contributed by atoms with Crippen LogP contribution >= 0.6 is 11.6 Å². The number of aryl methyl sites for hydroxylation is 1. The molecule has 0 aliphatic rings. The number of benzene rings is 1. The number of rotatable bonds is 1. The van der Waals surface area contributed by atoms with E-state index in [4.69, 9.17) is 17.3 Å². The van der Waals surface area contributed by atoms with Crippen LogP contribution in [0.25, 0.3) is 10.9 Å². The Morgan fingerprint density at radius 2 is 2.31 bits per heavy atom. The molecule has 1 aromatic heterocycles. The van der Waals surface area contributed by atoms with Gasteiger partial charge in [-0.15, -0.1) is 0 Å². The van der Waals surface area contributed by atoms with Crippen molar-refractivity contribution in [3.05, 3.63) is 28.4 Å². The number of hydrogen-bond donors (Lipinski definition) is 2. The summed E-state index contributed by atoms with van der Waals surface area (Å²) in [6.07, 6.45) is 0. The molecule has 0 amide bonds. The first-order valence-corrected chi connectivity index (χ1v) is 4.43. The molecule has 0 saturated carbocycles. The van der Waals surface area contributed by atoms with Gasteiger partial charge in [0.15, 0.2) is 0 Å². The van der Waals surface area contributed by atoms with Gasteiger partial charge in [0.2, 0.25) is 0 Å². The summed E-state index contributed by atoms with van der Waals surface area (Å²) in [5.41, 5.74) is 8.40. The summed E-state index contributed by atoms with van der Waals surface area (Å²) in [6.45, 7) is 2.41. The van der Waals surface area contributed by atoms with Crippen LogP contribution < -0.4 is 5.73 Å². The molecular weight excluding hydrogens is 186 g/mol. The number of nitrogens with zero attached hydrogens (tertiary/aromatic N) is 1. The molecule has 1 aromatic carbocycles. The number of aromatic amines is 1. The van der Waals surface area contributed by atoms with Gasteiger partial charge in [0.25, 0.3) is 0 Å². The van der Waals surface area contributed by atoms with Crippen molar-refractivity contribution in [1.82, 2.24) is 10.2 Å². The average molecular weight is 196 g/mol. The first-order chi connectivity index (χ1) is 6.22. The zero-order valence-electron chi connectivity index (χ0n) is 7.26. The number of hydrogen-bond acceptors (Lipinski definition) is 2. The summed E-state index contributed by atoms with van der Waals surface area (Å²) in [7, 11) is 0. The van der Waals surface area contributed by atoms with Crippen LogP contribution in [0.2, 0.25) is 5.02 Å². The first-order valence-electron chi connectivity index (χ1n) is 4.05. The number of halogens is 1. The Morgan fingerprint density at radius 3 is 3.00 bits per heavy atom. The second-order valence-corrected chi connectivity index (χ2v) is 3.42. The lowest BCUT2D eigenvalue weighted by Gasteiger charge is -1.99. The Morgan fingerprint density at radius 1 is 1.54 bits per heavy atom. The molecular formula is C9H10ClN3. The fourth-order valence-corrected chi connectivity index (χ4v) is 1.60. The van der Waals surface area contributed by atoms with Crippen LogP contribution in [0.3, 0.4) is 0 Å². The molecule has 0 saturated heterocycles. The highest BCUT2D eigenvalue weighted by atomic mass is 35.5. The third kappa shape index (κ3) is 1.30. The van der Waals surface area contributed by atoms with Gasteiger partial charge in [0.1, 0.15) is 0 Å². The summed E-state index contributed by atoms with van der Waals surface area (Å²) in [5, 5.41) is 8.80. The number of nitrogens with one attached hydrogen (secondary N) is 1. The summed E-state index contributed by atoms with van der Waals surface area (Å²) < 4.78 is 0. The first kappa shape index (κ1) is 8.53. The van der Waals surface area contributed by atoms with Crippen LogP contribution in [-0.4, -0.2) is 10.2 Å². The van der Waals surface area contributed by atoms with Crippen molar-refractivity contribution in [2.75, 3.05) is 0 Å². The molecule has 68 valence electrons. The molecule has 0 bridgehead atoms. The topological polar surface area (TPSA) is 54.7 Å². The maximum absolute atomic E-state index is 6.01. The highest BCUT2D eigenvalue weighted by Crippen LogP contribution is 2.24. The SMILES string of the molecule is Cc1[nH]nc2cc(CN)c(Cl)cc12. The third-order valence-corrected chi connectivity index (χ3v) is 2.48. The number of fused-ring (bicyclic) bond motifs is 1. The van der Waals surface area contributed by atoms with Crippen molar-refractivity contribution < 1.29 is 0 Å². The monoisotopic (exact) mass is 195 g/mol. The summed E-state index contributed by atoms with van der Waals surface area (Å²) in [4.78, 5) is 0. The van der Waals surface area contributed by atoms with Gasteiger partial charge >= 0.3 is 0 Å². The maximum atomic E-state index is 6.01. The van der Waals surface area contributed by atoms with Crippen LogP contribution in [0.15, 0.2) is 12.1 Å². The molecule has 0 atom stereocenters. The van der Waals surface area contributed by atoms with E-state index in [-0.39, 0.29) is 0 Å². The Hall–Kier alpha value is -1.06. The van der Waals surface area contributed by atoms with Gasteiger partial charge in [-0.3, -0.25) is 5.10 Å². The fraction of sp³-hybridized carbons (Fsp3) is 0.222. The maximum Gasteiger partial charge on any atom is 0.0927 e. The molecule has 0 aliphatic carbocycles. The second-order valence-electron chi connectivity index (χ2n) is 3.01. The van der Waals surface area contributed by atoms with Crippen LogP contribution in [0.1, 0.15) is 11.3 Å². The summed E-state index contributed by atoms with van der Waals surface area (Å²) in [6, 6.07) is 3.82. The van der Waals surface area contributed by atoms with Crippen molar-refractivity contribution in [2.45, 2.75) is 13.5 Å². The quantitative estimate of drug-likeness (QED) is 0.731. The van der Waals surface area contributed by atoms with Gasteiger partial charge in [0.05, 0.1) is 5.52 Å². The van der Waals surface area contributed by atoms with Crippen molar-refractivity contribution in [3.63, 3.8) is 0 Å². The molecule has 0 spiro atoms. The molecule has 3 nitrogen and oxygen atoms in total. The van der Waals surface area contributed by atoms with E-state index in [0.717, 1.165) is 22.2 Å². The van der Waals surface area contributed by atoms with Crippen LogP contribution in [0.5, 0.6) is 0 Å². The van der Waals surface area contributed by atoms with E-state index in [1.807, 2.05) is 19.1 Å². The van der Waals surface area contributed by atoms with Crippen LogP contribution in [-0.2, 0) is 6.54 Å². The van der Waals surface area contributed by atoms with E-state index >= 15 is 0 Å². The molecule has 2 aromatic rings. The Bertz CT molecular complexity index is 447. The lowest BCUT2D eigenvalue weighted by atomic mass is 10.1. The summed E-state index contributed by atoms with van der Waals surface area (Å²) in [5.74, 6) is 0. The molecule has 13 heavy (non-hydrogen) atoms. The van der Waals surface area contributed by atoms with Gasteiger partial charge in [-0.25, -0.2) is 0 Å². The molecule has 0 unspecified atom stereocenters. The van der Waals surface area contributed by atoms with Crippen LogP contribution in [0, 0.1) is 6.92 Å². The predicted molar refractivity (Wildman–Crippen MR) is 53.7 cm³/mol. The van der Waals surface area contributed by atoms with Crippen LogP contribution in [0.4, 0.5) is 0 Å². The van der Waals surface area contributed by atoms with Crippen molar-refractivity contribution in [1.29, 1.82) is 0 Å². The van der Waals surface area contributed by atoms with E-state index in [1.165, 1.54) is 0 Å². The van der Waals surface area contributed by atoms with Gasteiger partial charge < -0.3 is 5.73 Å². The van der Waals surface area contributed by atoms with E-state index in [0.29, 0.717) is 11.6 Å². The normalized spacial score (nSPS) is 11.0. The lowest BCUT2D eigenvalue weighted by molar-refractivity contribution is 1.06. The summed E-state index contributed by atoms with van der Waals surface area (Å²) >= 11 is 6.01. The van der Waals surface area contributed by atoms with Gasteiger partial charge in [0, 0.05) is 22.6 Å². The third-order valence-electron chi connectivity index (χ3n) is 2.13. The zero-order chi connectivity index (χ0) is 9.42. The van der Waals surface area contributed by atoms with E-state index in [1.54, 1.807) is 0 Å². The highest BCUT2D eigenvalue weighted by molar-refractivity contribution is 6.32. The second kappa shape index (κ2) is 3.01. The molecule has 1 heterocycles. The van der Waals surface area contributed by atoms with Crippen molar-refractivity contribution >= 4 is 22.5 Å². The van der Waals surface area contributed by atoms with E-state index in [2.05, 4.69) is 10.2 Å². The fourth-order valence-electron chi connectivity index (χ4n) is 1.36. The minimum absolute atomic E-state index is 0.445. The highest BCUT2D eigenvalue weighted by Gasteiger charge is 2.05. The number of nitrogens with two attached hydrogens (primary N) is 1. The molecule has 0 aliphatic heterocycles. The van der Waals surface area contributed by atoms with Crippen molar-refractivity contribution in [3.8, 4) is 0 Å². The van der Waals surface area contributed by atoms with Crippen molar-refractivity contribution in [2.24, 2.45) is 5.73 Å². The largest absolute Gasteiger partial charge is 0.326 e. The molecule has 0 fully saturated rings. The Balaban J connectivity index is 2.76. The smallest absolute Gasteiger partial charge is 0.0927 e. The minimum atomic E-state index is 0.445. The minimum Gasteiger partial charge on any atom is -0.326 e.